The first-order chi connectivity index (χ1) is 17.3. The molecule has 0 atom stereocenters. The normalized spacial score (nSPS) is 13.5. The molecule has 7 aromatic rings. The monoisotopic (exact) mass is 446 g/mol. The van der Waals surface area contributed by atoms with E-state index in [1.54, 1.807) is 0 Å². The molecule has 0 amide bonds. The van der Waals surface area contributed by atoms with Crippen LogP contribution in [0.15, 0.2) is 85.5 Å². The first-order valence-electron chi connectivity index (χ1n) is 12.0. The summed E-state index contributed by atoms with van der Waals surface area (Å²) in [5.41, 5.74) is 15.2. The van der Waals surface area contributed by atoms with Crippen molar-refractivity contribution in [2.45, 2.75) is 12.8 Å². The number of nitrogens with zero attached hydrogens (tertiary/aromatic N) is 4. The van der Waals surface area contributed by atoms with Gasteiger partial charge in [0.05, 0.1) is 28.9 Å². The maximum absolute atomic E-state index is 5.06. The predicted octanol–water partition coefficient (Wildman–Crippen LogP) is 6.73. The van der Waals surface area contributed by atoms with Crippen molar-refractivity contribution in [3.63, 3.8) is 0 Å². The van der Waals surface area contributed by atoms with Gasteiger partial charge in [-0.3, -0.25) is 14.4 Å². The molecule has 0 saturated heterocycles. The molecule has 0 fully saturated rings. The minimum Gasteiger partial charge on any atom is -0.289 e. The second-order valence-electron chi connectivity index (χ2n) is 9.73. The van der Waals surface area contributed by atoms with E-state index in [9.17, 15) is 0 Å². The van der Waals surface area contributed by atoms with E-state index >= 15 is 0 Å². The lowest BCUT2D eigenvalue weighted by Gasteiger charge is -2.13. The molecule has 162 valence electrons. The first-order valence-corrected chi connectivity index (χ1v) is 12.0. The number of benzene rings is 3. The molecule has 0 radical (unpaired) electrons. The maximum Gasteiger partial charge on any atom is 0.146 e. The van der Waals surface area contributed by atoms with Crippen molar-refractivity contribution < 1.29 is 0 Å². The van der Waals surface area contributed by atoms with Crippen LogP contribution in [0.3, 0.4) is 0 Å². The second-order valence-corrected chi connectivity index (χ2v) is 9.73. The van der Waals surface area contributed by atoms with Crippen LogP contribution in [0.4, 0.5) is 0 Å². The smallest absolute Gasteiger partial charge is 0.146 e. The summed E-state index contributed by atoms with van der Waals surface area (Å²) in [6, 6.07) is 22.4. The minimum atomic E-state index is 0.953. The van der Waals surface area contributed by atoms with E-state index in [0.717, 1.165) is 35.0 Å². The second kappa shape index (κ2) is 6.10. The lowest BCUT2D eigenvalue weighted by molar-refractivity contribution is 1.24. The Kier molecular flexibility index (Phi) is 3.11. The van der Waals surface area contributed by atoms with Crippen molar-refractivity contribution in [1.82, 2.24) is 19.4 Å². The molecule has 2 aliphatic rings. The van der Waals surface area contributed by atoms with Crippen LogP contribution in [0.1, 0.15) is 22.3 Å². The molecular weight excluding hydrogens is 428 g/mol. The summed E-state index contributed by atoms with van der Waals surface area (Å²) in [7, 11) is 0. The molecule has 35 heavy (non-hydrogen) atoms. The van der Waals surface area contributed by atoms with Crippen LogP contribution < -0.4 is 0 Å². The van der Waals surface area contributed by atoms with Crippen LogP contribution in [0.2, 0.25) is 0 Å². The van der Waals surface area contributed by atoms with Crippen molar-refractivity contribution in [3.8, 4) is 22.3 Å². The van der Waals surface area contributed by atoms with E-state index < -0.39 is 0 Å². The van der Waals surface area contributed by atoms with E-state index in [4.69, 9.17) is 4.98 Å². The predicted molar refractivity (Wildman–Crippen MR) is 140 cm³/mol. The minimum absolute atomic E-state index is 0.953. The highest BCUT2D eigenvalue weighted by Gasteiger charge is 2.28. The fraction of sp³-hybridized carbons (Fsp3) is 0.0645. The molecule has 0 N–H and O–H groups in total. The van der Waals surface area contributed by atoms with E-state index in [0.29, 0.717) is 0 Å². The number of fused-ring (bicyclic) bond motifs is 15. The molecule has 4 nitrogen and oxygen atoms in total. The number of hydrogen-bond acceptors (Lipinski definition) is 3. The Morgan fingerprint density at radius 3 is 2.40 bits per heavy atom. The third-order valence-corrected chi connectivity index (χ3v) is 7.97. The van der Waals surface area contributed by atoms with Gasteiger partial charge in [0.1, 0.15) is 5.65 Å². The maximum atomic E-state index is 5.06. The summed E-state index contributed by atoms with van der Waals surface area (Å²) in [6.45, 7) is 0. The van der Waals surface area contributed by atoms with Gasteiger partial charge in [0, 0.05) is 28.6 Å². The van der Waals surface area contributed by atoms with E-state index in [1.807, 2.05) is 30.9 Å². The standard InChI is InChI=1S/C31H18N4/c1-2-4-21-17(3-1)11-19-14-25-20(13-24(19)21)12-18-5-6-23-30(29(18)25)22-7-9-32-15-27(22)35-28-16-33-10-8-26(28)34-31(23)35/h1-10,13-16H,11-12H2. The highest BCUT2D eigenvalue weighted by atomic mass is 15.0. The molecule has 0 saturated carbocycles. The Hall–Kier alpha value is -4.57. The summed E-state index contributed by atoms with van der Waals surface area (Å²) < 4.78 is 2.22. The third-order valence-electron chi connectivity index (χ3n) is 7.97. The number of pyridine rings is 3. The average molecular weight is 447 g/mol. The van der Waals surface area contributed by atoms with Crippen LogP contribution >= 0.6 is 0 Å². The molecular formula is C31H18N4. The van der Waals surface area contributed by atoms with Crippen LogP contribution in [-0.2, 0) is 12.8 Å². The molecule has 4 heterocycles. The van der Waals surface area contributed by atoms with E-state index in [1.165, 1.54) is 60.7 Å². The molecule has 0 aliphatic heterocycles. The van der Waals surface area contributed by atoms with Gasteiger partial charge in [-0.25, -0.2) is 4.98 Å². The summed E-state index contributed by atoms with van der Waals surface area (Å²) in [5, 5.41) is 3.67. The molecule has 0 unspecified atom stereocenters. The summed E-state index contributed by atoms with van der Waals surface area (Å²) in [6.07, 6.45) is 9.55. The van der Waals surface area contributed by atoms with Crippen molar-refractivity contribution in [2.75, 3.05) is 0 Å². The summed E-state index contributed by atoms with van der Waals surface area (Å²) in [5.74, 6) is 0. The lowest BCUT2D eigenvalue weighted by atomic mass is 9.93. The van der Waals surface area contributed by atoms with Crippen molar-refractivity contribution in [1.29, 1.82) is 0 Å². The van der Waals surface area contributed by atoms with Gasteiger partial charge < -0.3 is 0 Å². The molecule has 4 aromatic heterocycles. The molecule has 4 heteroatoms. The Morgan fingerprint density at radius 1 is 0.629 bits per heavy atom. The summed E-state index contributed by atoms with van der Waals surface area (Å²) in [4.78, 5) is 13.9. The zero-order valence-electron chi connectivity index (χ0n) is 18.8. The van der Waals surface area contributed by atoms with Crippen molar-refractivity contribution in [3.05, 3.63) is 108 Å². The zero-order chi connectivity index (χ0) is 22.7. The third kappa shape index (κ3) is 2.15. The summed E-state index contributed by atoms with van der Waals surface area (Å²) >= 11 is 0. The van der Waals surface area contributed by atoms with Crippen LogP contribution in [-0.4, -0.2) is 19.4 Å². The van der Waals surface area contributed by atoms with E-state index in [-0.39, 0.29) is 0 Å². The molecule has 0 bridgehead atoms. The number of aromatic nitrogens is 4. The van der Waals surface area contributed by atoms with Gasteiger partial charge in [0.2, 0.25) is 0 Å². The van der Waals surface area contributed by atoms with Gasteiger partial charge in [-0.1, -0.05) is 36.4 Å². The average Bonchev–Trinajstić information content (AvgIpc) is 3.58. The quantitative estimate of drug-likeness (QED) is 0.243. The fourth-order valence-corrected chi connectivity index (χ4v) is 6.50. The highest BCUT2D eigenvalue weighted by molar-refractivity contribution is 6.20. The lowest BCUT2D eigenvalue weighted by Crippen LogP contribution is -1.94. The zero-order valence-corrected chi connectivity index (χ0v) is 18.8. The molecule has 2 aliphatic carbocycles. The number of imidazole rings is 1. The Labute approximate surface area is 200 Å². The largest absolute Gasteiger partial charge is 0.289 e. The molecule has 9 rings (SSSR count). The number of rotatable bonds is 0. The Bertz CT molecular complexity index is 2070. The first kappa shape index (κ1) is 17.8. The van der Waals surface area contributed by atoms with Crippen molar-refractivity contribution >= 4 is 38.4 Å². The van der Waals surface area contributed by atoms with Crippen molar-refractivity contribution in [2.24, 2.45) is 0 Å². The Morgan fingerprint density at radius 2 is 1.43 bits per heavy atom. The number of hydrogen-bond donors (Lipinski definition) is 0. The Balaban J connectivity index is 1.43. The SMILES string of the molecule is c1ccc2c(c1)Cc1cc3c(cc1-2)Cc1ccc2c(c1-3)c1ccncc1n1c3cnccc3nc21. The van der Waals surface area contributed by atoms with Gasteiger partial charge >= 0.3 is 0 Å². The van der Waals surface area contributed by atoms with Gasteiger partial charge in [-0.15, -0.1) is 0 Å². The van der Waals surface area contributed by atoms with Gasteiger partial charge in [0.15, 0.2) is 0 Å². The van der Waals surface area contributed by atoms with E-state index in [2.05, 4.69) is 69.0 Å². The van der Waals surface area contributed by atoms with Gasteiger partial charge in [0.25, 0.3) is 0 Å². The van der Waals surface area contributed by atoms with Crippen LogP contribution in [0, 0.1) is 0 Å². The highest BCUT2D eigenvalue weighted by Crippen LogP contribution is 2.48. The fourth-order valence-electron chi connectivity index (χ4n) is 6.50. The van der Waals surface area contributed by atoms with Gasteiger partial charge in [-0.2, -0.15) is 0 Å². The van der Waals surface area contributed by atoms with Crippen LogP contribution in [0.5, 0.6) is 0 Å². The van der Waals surface area contributed by atoms with Gasteiger partial charge in [-0.05, 0) is 81.6 Å². The topological polar surface area (TPSA) is 43.1 Å². The molecule has 3 aromatic carbocycles. The van der Waals surface area contributed by atoms with Crippen LogP contribution in [0.25, 0.3) is 60.6 Å². The molecule has 0 spiro atoms.